The number of carbonyl (C=O) groups is 1. The normalized spacial score (nSPS) is 28.2. The van der Waals surface area contributed by atoms with Crippen LogP contribution in [-0.2, 0) is 33.2 Å². The summed E-state index contributed by atoms with van der Waals surface area (Å²) < 4.78 is 34.3. The molecule has 3 rings (SSSR count). The van der Waals surface area contributed by atoms with Gasteiger partial charge in [-0.25, -0.2) is 0 Å². The van der Waals surface area contributed by atoms with Crippen LogP contribution < -0.4 is 5.32 Å². The summed E-state index contributed by atoms with van der Waals surface area (Å²) >= 11 is 0. The number of aliphatic hydroxyl groups is 11. The van der Waals surface area contributed by atoms with Gasteiger partial charge in [0.15, 0.2) is 18.9 Å². The van der Waals surface area contributed by atoms with Crippen molar-refractivity contribution in [3.63, 3.8) is 0 Å². The molecule has 17 atom stereocenters. The minimum absolute atomic E-state index is 0.153. The quantitative estimate of drug-likeness (QED) is 0.0199. The standard InChI is InChI=1S/C73H127NO18/c1-3-5-7-9-11-13-15-17-19-21-22-23-24-25-26-27-28-29-30-31-32-33-35-36-38-40-42-44-46-48-50-57(78)56(74-61(79)51-49-47-45-43-41-39-37-34-20-18-16-14-12-10-8-6-4-2)55-87-71-67(85)64(82)69(59(53-76)89-71)92-73-68(86)65(83)70(60(54-77)90-73)91-72-66(84)63(81)62(80)58(52-75)88-72/h6,8,12,14,18,20,37,39-40,42-43,45,48,50,56-60,62-73,75-78,80-86H,3-5,7,9-11,13,15-17,19,21-36,38,41,44,46-47,49,51-55H2,1-2H3,(H,74,79)/b8-6-,14-12-,20-18-,39-37-,42-40+,45-43-,50-48+. The van der Waals surface area contributed by atoms with Crippen LogP contribution in [0.25, 0.3) is 0 Å². The first-order valence-corrected chi connectivity index (χ1v) is 35.8. The Labute approximate surface area is 552 Å². The first-order chi connectivity index (χ1) is 44.8. The maximum Gasteiger partial charge on any atom is 0.220 e. The van der Waals surface area contributed by atoms with E-state index in [0.29, 0.717) is 19.3 Å². The number of allylic oxidation sites excluding steroid dienone is 13. The van der Waals surface area contributed by atoms with Crippen LogP contribution in [0.5, 0.6) is 0 Å². The monoisotopic (exact) mass is 1310 g/mol. The van der Waals surface area contributed by atoms with Gasteiger partial charge in [0, 0.05) is 6.42 Å². The van der Waals surface area contributed by atoms with Crippen LogP contribution in [0.3, 0.4) is 0 Å². The van der Waals surface area contributed by atoms with Crippen LogP contribution in [0.2, 0.25) is 0 Å². The molecule has 0 aromatic rings. The van der Waals surface area contributed by atoms with Crippen LogP contribution >= 0.6 is 0 Å². The van der Waals surface area contributed by atoms with Gasteiger partial charge < -0.3 is 89.9 Å². The van der Waals surface area contributed by atoms with E-state index in [1.807, 2.05) is 12.2 Å². The number of ether oxygens (including phenoxy) is 6. The minimum Gasteiger partial charge on any atom is -0.394 e. The molecule has 3 fully saturated rings. The summed E-state index contributed by atoms with van der Waals surface area (Å²) in [6, 6.07) is -1.03. The van der Waals surface area contributed by atoms with E-state index in [-0.39, 0.29) is 12.3 Å². The maximum absolute atomic E-state index is 13.4. The molecule has 3 aliphatic rings. The van der Waals surface area contributed by atoms with E-state index in [9.17, 15) is 61.0 Å². The highest BCUT2D eigenvalue weighted by Crippen LogP contribution is 2.33. The smallest absolute Gasteiger partial charge is 0.220 e. The third-order valence-corrected chi connectivity index (χ3v) is 17.4. The van der Waals surface area contributed by atoms with E-state index < -0.39 is 131 Å². The summed E-state index contributed by atoms with van der Waals surface area (Å²) in [4.78, 5) is 13.4. The van der Waals surface area contributed by atoms with Crippen LogP contribution in [-0.4, -0.2) is 193 Å². The average molecular weight is 1310 g/mol. The third-order valence-electron chi connectivity index (χ3n) is 17.4. The zero-order valence-corrected chi connectivity index (χ0v) is 56.3. The highest BCUT2D eigenvalue weighted by atomic mass is 16.8. The van der Waals surface area contributed by atoms with Crippen molar-refractivity contribution < 1.29 is 89.4 Å². The first kappa shape index (κ1) is 83.2. The molecule has 17 unspecified atom stereocenters. The fourth-order valence-electron chi connectivity index (χ4n) is 11.7. The molecule has 1 amide bonds. The number of aliphatic hydroxyl groups excluding tert-OH is 11. The lowest BCUT2D eigenvalue weighted by Gasteiger charge is -2.48. The Balaban J connectivity index is 1.43. The molecule has 532 valence electrons. The predicted octanol–water partition coefficient (Wildman–Crippen LogP) is 9.88. The highest BCUT2D eigenvalue weighted by Gasteiger charge is 2.53. The summed E-state index contributed by atoms with van der Waals surface area (Å²) in [5.41, 5.74) is 0. The minimum atomic E-state index is -1.99. The molecule has 3 heterocycles. The van der Waals surface area contributed by atoms with Crippen molar-refractivity contribution in [3.05, 3.63) is 85.1 Å². The number of unbranched alkanes of at least 4 members (excludes halogenated alkanes) is 26. The Hall–Kier alpha value is -3.03. The predicted molar refractivity (Wildman–Crippen MR) is 360 cm³/mol. The van der Waals surface area contributed by atoms with Gasteiger partial charge in [0.05, 0.1) is 38.6 Å². The van der Waals surface area contributed by atoms with E-state index in [1.54, 1.807) is 6.08 Å². The molecular weight excluding hydrogens is 1180 g/mol. The molecule has 0 aromatic carbocycles. The van der Waals surface area contributed by atoms with E-state index in [2.05, 4.69) is 86.0 Å². The lowest BCUT2D eigenvalue weighted by atomic mass is 9.96. The third kappa shape index (κ3) is 35.3. The molecule has 0 bridgehead atoms. The Morgan fingerprint density at radius 2 is 0.761 bits per heavy atom. The average Bonchev–Trinajstić information content (AvgIpc) is 0.838. The maximum atomic E-state index is 13.4. The molecule has 3 aliphatic heterocycles. The molecule has 0 aliphatic carbocycles. The number of hydrogen-bond donors (Lipinski definition) is 12. The van der Waals surface area contributed by atoms with E-state index in [4.69, 9.17) is 28.4 Å². The molecule has 3 saturated heterocycles. The zero-order valence-electron chi connectivity index (χ0n) is 56.3. The van der Waals surface area contributed by atoms with Gasteiger partial charge in [-0.15, -0.1) is 0 Å². The zero-order chi connectivity index (χ0) is 66.8. The Morgan fingerprint density at radius 1 is 0.402 bits per heavy atom. The molecule has 92 heavy (non-hydrogen) atoms. The van der Waals surface area contributed by atoms with Crippen molar-refractivity contribution in [2.75, 3.05) is 26.4 Å². The molecule has 0 saturated carbocycles. The van der Waals surface area contributed by atoms with Gasteiger partial charge in [-0.3, -0.25) is 4.79 Å². The number of rotatable bonds is 54. The second-order valence-corrected chi connectivity index (χ2v) is 25.3. The lowest BCUT2D eigenvalue weighted by molar-refractivity contribution is -0.379. The number of carbonyl (C=O) groups excluding carboxylic acids is 1. The van der Waals surface area contributed by atoms with Crippen LogP contribution in [0.4, 0.5) is 0 Å². The Kier molecular flexibility index (Phi) is 48.9. The summed E-state index contributed by atoms with van der Waals surface area (Å²) in [7, 11) is 0. The van der Waals surface area contributed by atoms with Gasteiger partial charge >= 0.3 is 0 Å². The van der Waals surface area contributed by atoms with Gasteiger partial charge in [-0.05, 0) is 70.6 Å². The molecule has 19 nitrogen and oxygen atoms in total. The molecule has 19 heteroatoms. The molecule has 0 spiro atoms. The summed E-state index contributed by atoms with van der Waals surface area (Å²) in [6.45, 7) is 1.56. The van der Waals surface area contributed by atoms with Crippen molar-refractivity contribution in [2.24, 2.45) is 0 Å². The summed E-state index contributed by atoms with van der Waals surface area (Å²) in [5, 5.41) is 120. The summed E-state index contributed by atoms with van der Waals surface area (Å²) in [6.07, 6.45) is 43.1. The second kappa shape index (κ2) is 54.0. The molecule has 0 aromatic heterocycles. The Morgan fingerprint density at radius 3 is 1.22 bits per heavy atom. The van der Waals surface area contributed by atoms with Crippen molar-refractivity contribution in [3.8, 4) is 0 Å². The topological polar surface area (TPSA) is 307 Å². The van der Waals surface area contributed by atoms with Crippen molar-refractivity contribution in [1.29, 1.82) is 0 Å². The van der Waals surface area contributed by atoms with E-state index in [0.717, 1.165) is 51.4 Å². The molecule has 0 radical (unpaired) electrons. The fourth-order valence-corrected chi connectivity index (χ4v) is 11.7. The van der Waals surface area contributed by atoms with Gasteiger partial charge in [0.25, 0.3) is 0 Å². The molecule has 12 N–H and O–H groups in total. The van der Waals surface area contributed by atoms with E-state index in [1.165, 1.54) is 148 Å². The van der Waals surface area contributed by atoms with E-state index >= 15 is 0 Å². The van der Waals surface area contributed by atoms with Gasteiger partial charge in [-0.1, -0.05) is 247 Å². The van der Waals surface area contributed by atoms with Crippen LogP contribution in [0.1, 0.15) is 239 Å². The number of amides is 1. The fraction of sp³-hybridized carbons (Fsp3) is 0.795. The summed E-state index contributed by atoms with van der Waals surface area (Å²) in [5.74, 6) is -0.343. The van der Waals surface area contributed by atoms with Gasteiger partial charge in [0.2, 0.25) is 5.91 Å². The van der Waals surface area contributed by atoms with Crippen LogP contribution in [0.15, 0.2) is 85.1 Å². The largest absolute Gasteiger partial charge is 0.394 e. The highest BCUT2D eigenvalue weighted by molar-refractivity contribution is 5.76. The van der Waals surface area contributed by atoms with Crippen molar-refractivity contribution >= 4 is 5.91 Å². The van der Waals surface area contributed by atoms with Crippen molar-refractivity contribution in [1.82, 2.24) is 5.32 Å². The number of nitrogens with one attached hydrogen (secondary N) is 1. The number of hydrogen-bond acceptors (Lipinski definition) is 18. The first-order valence-electron chi connectivity index (χ1n) is 35.8. The van der Waals surface area contributed by atoms with Gasteiger partial charge in [-0.2, -0.15) is 0 Å². The lowest BCUT2D eigenvalue weighted by Crippen LogP contribution is -2.66. The second-order valence-electron chi connectivity index (χ2n) is 25.3. The molecular formula is C73H127NO18. The van der Waals surface area contributed by atoms with Crippen molar-refractivity contribution in [2.45, 2.75) is 343 Å². The SMILES string of the molecule is CC/C=C\C/C=C\C/C=C\C/C=C\C/C=C\CCCC(=O)NC(COC1OC(CO)C(OC2OC(CO)C(OC3OC(CO)C(O)C(O)C3O)C(O)C2O)C(O)C1O)C(O)/C=C/CC/C=C/CCCCCCCCCCCCCCCCCCCCCCCCCC. The van der Waals surface area contributed by atoms with Crippen LogP contribution in [0, 0.1) is 0 Å². The Bertz CT molecular complexity index is 2000. The van der Waals surface area contributed by atoms with Gasteiger partial charge in [0.1, 0.15) is 73.2 Å².